The number of rotatable bonds is 1. The van der Waals surface area contributed by atoms with E-state index < -0.39 is 0 Å². The summed E-state index contributed by atoms with van der Waals surface area (Å²) in [6.45, 7) is 2.17. The van der Waals surface area contributed by atoms with Crippen molar-refractivity contribution in [3.8, 4) is 0 Å². The molecule has 2 heterocycles. The first-order chi connectivity index (χ1) is 5.86. The number of nitrogens with one attached hydrogen (secondary N) is 1. The topological polar surface area (TPSA) is 24.9 Å². The molecule has 0 bridgehead atoms. The Kier molecular flexibility index (Phi) is 2.28. The Balaban J connectivity index is 2.21. The zero-order chi connectivity index (χ0) is 8.39. The predicted molar refractivity (Wildman–Crippen MR) is 49.5 cm³/mol. The Bertz CT molecular complexity index is 269. The van der Waals surface area contributed by atoms with Crippen molar-refractivity contribution < 1.29 is 0 Å². The van der Waals surface area contributed by atoms with E-state index in [4.69, 9.17) is 11.6 Å². The summed E-state index contributed by atoms with van der Waals surface area (Å²) in [5.74, 6) is 0.608. The molecule has 1 N–H and O–H groups in total. The average molecular weight is 183 g/mol. The van der Waals surface area contributed by atoms with E-state index in [0.717, 1.165) is 18.1 Å². The van der Waals surface area contributed by atoms with Crippen molar-refractivity contribution >= 4 is 11.6 Å². The average Bonchev–Trinajstić information content (AvgIpc) is 2.56. The first kappa shape index (κ1) is 8.02. The minimum Gasteiger partial charge on any atom is -0.316 e. The van der Waals surface area contributed by atoms with Crippen molar-refractivity contribution in [2.45, 2.75) is 12.3 Å². The third-order valence-corrected chi connectivity index (χ3v) is 2.46. The molecule has 0 aliphatic carbocycles. The van der Waals surface area contributed by atoms with Crippen LogP contribution in [0.4, 0.5) is 0 Å². The van der Waals surface area contributed by atoms with Crippen molar-refractivity contribution in [3.05, 3.63) is 29.0 Å². The fourth-order valence-electron chi connectivity index (χ4n) is 1.59. The van der Waals surface area contributed by atoms with Gasteiger partial charge in [-0.3, -0.25) is 4.98 Å². The van der Waals surface area contributed by atoms with E-state index in [9.17, 15) is 0 Å². The maximum atomic E-state index is 5.84. The highest BCUT2D eigenvalue weighted by Gasteiger charge is 2.16. The molecule has 0 saturated carbocycles. The van der Waals surface area contributed by atoms with Crippen molar-refractivity contribution in [3.63, 3.8) is 0 Å². The zero-order valence-electron chi connectivity index (χ0n) is 6.76. The Hall–Kier alpha value is -0.600. The number of halogens is 1. The molecule has 0 aromatic carbocycles. The summed E-state index contributed by atoms with van der Waals surface area (Å²) in [5.41, 5.74) is 1.26. The summed E-state index contributed by atoms with van der Waals surface area (Å²) in [4.78, 5) is 4.07. The van der Waals surface area contributed by atoms with Crippen LogP contribution >= 0.6 is 11.6 Å². The summed E-state index contributed by atoms with van der Waals surface area (Å²) < 4.78 is 0. The van der Waals surface area contributed by atoms with Gasteiger partial charge in [-0.1, -0.05) is 11.6 Å². The zero-order valence-corrected chi connectivity index (χ0v) is 7.51. The molecule has 1 saturated heterocycles. The largest absolute Gasteiger partial charge is 0.316 e. The Morgan fingerprint density at radius 2 is 2.42 bits per heavy atom. The molecule has 1 atom stereocenters. The Labute approximate surface area is 77.0 Å². The maximum Gasteiger partial charge on any atom is 0.0592 e. The Morgan fingerprint density at radius 3 is 3.08 bits per heavy atom. The van der Waals surface area contributed by atoms with Crippen LogP contribution in [0, 0.1) is 0 Å². The second-order valence-corrected chi connectivity index (χ2v) is 3.56. The van der Waals surface area contributed by atoms with Gasteiger partial charge in [0.1, 0.15) is 0 Å². The lowest BCUT2D eigenvalue weighted by atomic mass is 10.0. The number of hydrogen-bond acceptors (Lipinski definition) is 2. The molecule has 2 nitrogen and oxygen atoms in total. The molecule has 0 amide bonds. The molecule has 2 rings (SSSR count). The van der Waals surface area contributed by atoms with Gasteiger partial charge >= 0.3 is 0 Å². The molecule has 1 aliphatic heterocycles. The van der Waals surface area contributed by atoms with E-state index in [1.165, 1.54) is 12.0 Å². The molecule has 12 heavy (non-hydrogen) atoms. The molecular formula is C9H11ClN2. The summed E-state index contributed by atoms with van der Waals surface area (Å²) in [7, 11) is 0. The maximum absolute atomic E-state index is 5.84. The van der Waals surface area contributed by atoms with Gasteiger partial charge in [-0.25, -0.2) is 0 Å². The molecule has 1 aromatic rings. The molecule has 0 spiro atoms. The van der Waals surface area contributed by atoms with Crippen LogP contribution in [0.15, 0.2) is 18.5 Å². The lowest BCUT2D eigenvalue weighted by molar-refractivity contribution is 0.759. The quantitative estimate of drug-likeness (QED) is 0.717. The van der Waals surface area contributed by atoms with Crippen LogP contribution in [-0.4, -0.2) is 18.1 Å². The van der Waals surface area contributed by atoms with Crippen LogP contribution in [0.1, 0.15) is 17.9 Å². The van der Waals surface area contributed by atoms with Crippen LogP contribution in [0.5, 0.6) is 0 Å². The van der Waals surface area contributed by atoms with Gasteiger partial charge < -0.3 is 5.32 Å². The number of hydrogen-bond donors (Lipinski definition) is 1. The van der Waals surface area contributed by atoms with Gasteiger partial charge in [0.25, 0.3) is 0 Å². The van der Waals surface area contributed by atoms with Crippen LogP contribution < -0.4 is 5.32 Å². The van der Waals surface area contributed by atoms with Crippen molar-refractivity contribution in [2.75, 3.05) is 13.1 Å². The van der Waals surface area contributed by atoms with Crippen molar-refractivity contribution in [2.24, 2.45) is 0 Å². The van der Waals surface area contributed by atoms with E-state index in [0.29, 0.717) is 5.92 Å². The van der Waals surface area contributed by atoms with Gasteiger partial charge in [0.05, 0.1) is 5.02 Å². The van der Waals surface area contributed by atoms with E-state index in [-0.39, 0.29) is 0 Å². The standard InChI is InChI=1S/C9H11ClN2/c10-9-3-8(5-12-6-9)7-1-2-11-4-7/h3,5-7,11H,1-2,4H2/t7-/m0/s1. The third kappa shape index (κ3) is 1.59. The number of pyridine rings is 1. The summed E-state index contributed by atoms with van der Waals surface area (Å²) in [6.07, 6.45) is 4.78. The third-order valence-electron chi connectivity index (χ3n) is 2.26. The fraction of sp³-hybridized carbons (Fsp3) is 0.444. The first-order valence-corrected chi connectivity index (χ1v) is 4.55. The lowest BCUT2D eigenvalue weighted by Crippen LogP contribution is -2.07. The highest BCUT2D eigenvalue weighted by atomic mass is 35.5. The van der Waals surface area contributed by atoms with Gasteiger partial charge in [-0.2, -0.15) is 0 Å². The normalized spacial score (nSPS) is 22.9. The second kappa shape index (κ2) is 3.42. The first-order valence-electron chi connectivity index (χ1n) is 4.17. The second-order valence-electron chi connectivity index (χ2n) is 3.13. The van der Waals surface area contributed by atoms with Crippen molar-refractivity contribution in [1.29, 1.82) is 0 Å². The van der Waals surface area contributed by atoms with Crippen LogP contribution in [-0.2, 0) is 0 Å². The van der Waals surface area contributed by atoms with Crippen LogP contribution in [0.3, 0.4) is 0 Å². The SMILES string of the molecule is Clc1cncc([C@H]2CCNC2)c1. The minimum absolute atomic E-state index is 0.608. The highest BCUT2D eigenvalue weighted by Crippen LogP contribution is 2.23. The van der Waals surface area contributed by atoms with E-state index in [1.807, 2.05) is 12.3 Å². The van der Waals surface area contributed by atoms with Gasteiger partial charge in [-0.05, 0) is 30.5 Å². The van der Waals surface area contributed by atoms with E-state index in [2.05, 4.69) is 10.3 Å². The number of aromatic nitrogens is 1. The molecule has 1 fully saturated rings. The van der Waals surface area contributed by atoms with E-state index in [1.54, 1.807) is 6.20 Å². The predicted octanol–water partition coefficient (Wildman–Crippen LogP) is 1.81. The number of nitrogens with zero attached hydrogens (tertiary/aromatic N) is 1. The molecule has 1 aliphatic rings. The van der Waals surface area contributed by atoms with Crippen LogP contribution in [0.2, 0.25) is 5.02 Å². The lowest BCUT2D eigenvalue weighted by Gasteiger charge is -2.07. The van der Waals surface area contributed by atoms with Gasteiger partial charge in [-0.15, -0.1) is 0 Å². The van der Waals surface area contributed by atoms with Crippen molar-refractivity contribution in [1.82, 2.24) is 10.3 Å². The molecule has 0 radical (unpaired) electrons. The summed E-state index contributed by atoms with van der Waals surface area (Å²) in [5, 5.41) is 4.05. The molecule has 3 heteroatoms. The molecule has 64 valence electrons. The fourth-order valence-corrected chi connectivity index (χ4v) is 1.77. The molecule has 0 unspecified atom stereocenters. The van der Waals surface area contributed by atoms with Gasteiger partial charge in [0.2, 0.25) is 0 Å². The van der Waals surface area contributed by atoms with Crippen LogP contribution in [0.25, 0.3) is 0 Å². The Morgan fingerprint density at radius 1 is 1.50 bits per heavy atom. The molecule has 1 aromatic heterocycles. The molecular weight excluding hydrogens is 172 g/mol. The van der Waals surface area contributed by atoms with Gasteiger partial charge in [0, 0.05) is 18.9 Å². The monoisotopic (exact) mass is 182 g/mol. The minimum atomic E-state index is 0.608. The summed E-state index contributed by atoms with van der Waals surface area (Å²) in [6, 6.07) is 2.01. The summed E-state index contributed by atoms with van der Waals surface area (Å²) >= 11 is 5.84. The van der Waals surface area contributed by atoms with Gasteiger partial charge in [0.15, 0.2) is 0 Å². The smallest absolute Gasteiger partial charge is 0.0592 e. The van der Waals surface area contributed by atoms with E-state index >= 15 is 0 Å². The highest BCUT2D eigenvalue weighted by molar-refractivity contribution is 6.30.